The molecule has 0 saturated carbocycles. The van der Waals surface area contributed by atoms with Crippen LogP contribution in [0, 0.1) is 17.6 Å². The van der Waals surface area contributed by atoms with Gasteiger partial charge in [0.1, 0.15) is 11.6 Å². The van der Waals surface area contributed by atoms with Gasteiger partial charge in [0, 0.05) is 19.0 Å². The molecule has 0 radical (unpaired) electrons. The molecule has 0 aliphatic carbocycles. The first-order valence-electron chi connectivity index (χ1n) is 7.90. The molecule has 130 valence electrons. The van der Waals surface area contributed by atoms with Crippen LogP contribution in [0.5, 0.6) is 0 Å². The summed E-state index contributed by atoms with van der Waals surface area (Å²) in [6.07, 6.45) is 3.53. The summed E-state index contributed by atoms with van der Waals surface area (Å²) in [5.41, 5.74) is 0.220. The Hall–Kier alpha value is -1.20. The van der Waals surface area contributed by atoms with Gasteiger partial charge in [-0.1, -0.05) is 0 Å². The van der Waals surface area contributed by atoms with Crippen LogP contribution in [-0.4, -0.2) is 30.9 Å². The number of rotatable bonds is 5. The fourth-order valence-electron chi connectivity index (χ4n) is 2.93. The molecule has 1 aromatic carbocycles. The summed E-state index contributed by atoms with van der Waals surface area (Å²) < 4.78 is 27.1. The lowest BCUT2D eigenvalue weighted by molar-refractivity contribution is -0.132. The van der Waals surface area contributed by atoms with Crippen molar-refractivity contribution in [1.29, 1.82) is 0 Å². The van der Waals surface area contributed by atoms with Crippen LogP contribution in [0.4, 0.5) is 8.78 Å². The first kappa shape index (κ1) is 19.8. The summed E-state index contributed by atoms with van der Waals surface area (Å²) in [5.74, 6) is -0.403. The van der Waals surface area contributed by atoms with Crippen LogP contribution in [0.2, 0.25) is 0 Å². The van der Waals surface area contributed by atoms with Crippen LogP contribution in [-0.2, 0) is 4.79 Å². The zero-order valence-corrected chi connectivity index (χ0v) is 14.5. The van der Waals surface area contributed by atoms with Crippen LogP contribution in [0.1, 0.15) is 44.2 Å². The third-order valence-electron chi connectivity index (χ3n) is 4.61. The molecule has 3 nitrogen and oxygen atoms in total. The van der Waals surface area contributed by atoms with E-state index in [-0.39, 0.29) is 23.9 Å². The molecule has 2 rings (SSSR count). The average molecular weight is 347 g/mol. The third kappa shape index (κ3) is 5.43. The molecule has 1 amide bonds. The van der Waals surface area contributed by atoms with E-state index in [1.807, 2.05) is 0 Å². The summed E-state index contributed by atoms with van der Waals surface area (Å²) in [5, 5.41) is 3.30. The zero-order chi connectivity index (χ0) is 16.1. The Kier molecular flexibility index (Phi) is 7.92. The van der Waals surface area contributed by atoms with Gasteiger partial charge < -0.3 is 10.2 Å². The number of hydrogen-bond acceptors (Lipinski definition) is 2. The molecule has 1 N–H and O–H groups in total. The summed E-state index contributed by atoms with van der Waals surface area (Å²) in [7, 11) is 1.65. The van der Waals surface area contributed by atoms with Crippen molar-refractivity contribution in [1.82, 2.24) is 10.2 Å². The number of piperidine rings is 1. The molecule has 6 heteroatoms. The van der Waals surface area contributed by atoms with E-state index in [4.69, 9.17) is 0 Å². The highest BCUT2D eigenvalue weighted by Crippen LogP contribution is 2.25. The number of carbonyl (C=O) groups excluding carboxylic acids is 1. The first-order chi connectivity index (χ1) is 10.5. The topological polar surface area (TPSA) is 32.3 Å². The van der Waals surface area contributed by atoms with Gasteiger partial charge in [-0.25, -0.2) is 8.78 Å². The van der Waals surface area contributed by atoms with Crippen molar-refractivity contribution in [3.63, 3.8) is 0 Å². The van der Waals surface area contributed by atoms with Gasteiger partial charge in [-0.3, -0.25) is 4.79 Å². The molecule has 1 aromatic rings. The quantitative estimate of drug-likeness (QED) is 0.882. The van der Waals surface area contributed by atoms with Crippen LogP contribution in [0.15, 0.2) is 18.2 Å². The maximum Gasteiger partial charge on any atom is 0.222 e. The van der Waals surface area contributed by atoms with Crippen LogP contribution >= 0.6 is 12.4 Å². The van der Waals surface area contributed by atoms with E-state index in [0.29, 0.717) is 12.3 Å². The second kappa shape index (κ2) is 9.18. The fourth-order valence-corrected chi connectivity index (χ4v) is 2.93. The second-order valence-corrected chi connectivity index (χ2v) is 6.08. The van der Waals surface area contributed by atoms with E-state index in [1.165, 1.54) is 4.90 Å². The molecular formula is C17H25ClF2N2O. The summed E-state index contributed by atoms with van der Waals surface area (Å²) in [6, 6.07) is 2.88. The molecule has 1 fully saturated rings. The van der Waals surface area contributed by atoms with Crippen molar-refractivity contribution < 1.29 is 13.6 Å². The highest BCUT2D eigenvalue weighted by molar-refractivity contribution is 5.85. The molecular weight excluding hydrogens is 322 g/mol. The number of carbonyl (C=O) groups is 1. The maximum absolute atomic E-state index is 13.8. The van der Waals surface area contributed by atoms with E-state index in [0.717, 1.165) is 50.6 Å². The van der Waals surface area contributed by atoms with Gasteiger partial charge in [0.15, 0.2) is 0 Å². The average Bonchev–Trinajstić information content (AvgIpc) is 2.54. The Morgan fingerprint density at radius 1 is 1.35 bits per heavy atom. The van der Waals surface area contributed by atoms with E-state index < -0.39 is 17.7 Å². The first-order valence-corrected chi connectivity index (χ1v) is 7.90. The van der Waals surface area contributed by atoms with Gasteiger partial charge >= 0.3 is 0 Å². The van der Waals surface area contributed by atoms with Gasteiger partial charge in [-0.2, -0.15) is 0 Å². The van der Waals surface area contributed by atoms with Crippen LogP contribution < -0.4 is 5.32 Å². The molecule has 1 saturated heterocycles. The van der Waals surface area contributed by atoms with E-state index in [1.54, 1.807) is 14.0 Å². The molecule has 0 spiro atoms. The molecule has 1 heterocycles. The minimum Gasteiger partial charge on any atom is -0.339 e. The van der Waals surface area contributed by atoms with Crippen LogP contribution in [0.25, 0.3) is 0 Å². The van der Waals surface area contributed by atoms with Gasteiger partial charge in [-0.05, 0) is 63.4 Å². The van der Waals surface area contributed by atoms with Crippen molar-refractivity contribution >= 4 is 18.3 Å². The fraction of sp³-hybridized carbons (Fsp3) is 0.588. The Morgan fingerprint density at radius 2 is 2.00 bits per heavy atom. The highest BCUT2D eigenvalue weighted by atomic mass is 35.5. The van der Waals surface area contributed by atoms with Gasteiger partial charge in [0.05, 0.1) is 6.04 Å². The summed E-state index contributed by atoms with van der Waals surface area (Å²) in [4.78, 5) is 13.8. The van der Waals surface area contributed by atoms with E-state index in [2.05, 4.69) is 5.32 Å². The molecule has 0 aromatic heterocycles. The Bertz CT molecular complexity index is 521. The molecule has 1 unspecified atom stereocenters. The number of nitrogens with one attached hydrogen (secondary N) is 1. The Morgan fingerprint density at radius 3 is 2.65 bits per heavy atom. The van der Waals surface area contributed by atoms with Gasteiger partial charge in [-0.15, -0.1) is 12.4 Å². The van der Waals surface area contributed by atoms with Crippen molar-refractivity contribution in [3.05, 3.63) is 35.4 Å². The Balaban J connectivity index is 0.00000264. The number of nitrogens with zero attached hydrogens (tertiary/aromatic N) is 1. The monoisotopic (exact) mass is 346 g/mol. The Labute approximate surface area is 142 Å². The lowest BCUT2D eigenvalue weighted by atomic mass is 9.93. The predicted molar refractivity (Wildman–Crippen MR) is 89.6 cm³/mol. The minimum absolute atomic E-state index is 0. The highest BCUT2D eigenvalue weighted by Gasteiger charge is 2.22. The summed E-state index contributed by atoms with van der Waals surface area (Å²) in [6.45, 7) is 3.75. The minimum atomic E-state index is -0.487. The molecule has 23 heavy (non-hydrogen) atoms. The van der Waals surface area contributed by atoms with Crippen molar-refractivity contribution in [2.75, 3.05) is 20.1 Å². The number of hydrogen-bond donors (Lipinski definition) is 1. The number of amides is 1. The normalized spacial score (nSPS) is 16.5. The zero-order valence-electron chi connectivity index (χ0n) is 13.6. The van der Waals surface area contributed by atoms with Crippen LogP contribution in [0.3, 0.4) is 0 Å². The van der Waals surface area contributed by atoms with E-state index in [9.17, 15) is 13.6 Å². The number of halogens is 3. The van der Waals surface area contributed by atoms with Gasteiger partial charge in [0.2, 0.25) is 5.91 Å². The molecule has 1 aliphatic heterocycles. The lowest BCUT2D eigenvalue weighted by Crippen LogP contribution is -2.32. The summed E-state index contributed by atoms with van der Waals surface area (Å²) >= 11 is 0. The second-order valence-electron chi connectivity index (χ2n) is 6.08. The standard InChI is InChI=1S/C17H24F2N2O.ClH/c1-12(15-11-14(18)4-5-16(15)19)21(2)17(22)6-3-13-7-9-20-10-8-13;/h4-5,11-13,20H,3,6-10H2,1-2H3;1H. The predicted octanol–water partition coefficient (Wildman–Crippen LogP) is 3.69. The smallest absolute Gasteiger partial charge is 0.222 e. The van der Waals surface area contributed by atoms with Crippen molar-refractivity contribution in [2.45, 2.75) is 38.6 Å². The molecule has 0 bridgehead atoms. The SMILES string of the molecule is CC(c1cc(F)ccc1F)N(C)C(=O)CCC1CCNCC1.Cl. The largest absolute Gasteiger partial charge is 0.339 e. The van der Waals surface area contributed by atoms with E-state index >= 15 is 0 Å². The van der Waals surface area contributed by atoms with Crippen molar-refractivity contribution in [3.8, 4) is 0 Å². The molecule has 1 atom stereocenters. The maximum atomic E-state index is 13.8. The van der Waals surface area contributed by atoms with Crippen molar-refractivity contribution in [2.24, 2.45) is 5.92 Å². The molecule has 1 aliphatic rings. The number of benzene rings is 1. The third-order valence-corrected chi connectivity index (χ3v) is 4.61. The lowest BCUT2D eigenvalue weighted by Gasteiger charge is -2.27. The van der Waals surface area contributed by atoms with Gasteiger partial charge in [0.25, 0.3) is 0 Å².